The summed E-state index contributed by atoms with van der Waals surface area (Å²) < 4.78 is 32.1. The van der Waals surface area contributed by atoms with E-state index in [-0.39, 0.29) is 5.75 Å². The Bertz CT molecular complexity index is 710. The maximum Gasteiger partial charge on any atom is 0.218 e. The molecule has 25 heavy (non-hydrogen) atoms. The standard InChI is InChI=1S/C17H26N4O3S/c1-18-17(20-16-6-7-16)19-12-14-4-2-3-5-15(14)13-25(22,23)21-8-10-24-11-9-21/h2-5,16H,6-13H2,1H3,(H2,18,19,20). The lowest BCUT2D eigenvalue weighted by Crippen LogP contribution is -2.41. The summed E-state index contributed by atoms with van der Waals surface area (Å²) in [6.07, 6.45) is 2.35. The number of benzene rings is 1. The zero-order valence-electron chi connectivity index (χ0n) is 14.6. The predicted octanol–water partition coefficient (Wildman–Crippen LogP) is 0.676. The molecule has 3 rings (SSSR count). The number of guanidine groups is 1. The van der Waals surface area contributed by atoms with Crippen molar-refractivity contribution in [2.24, 2.45) is 4.99 Å². The molecule has 1 aromatic rings. The SMILES string of the molecule is CN=C(NCc1ccccc1CS(=O)(=O)N1CCOCC1)NC1CC1. The summed E-state index contributed by atoms with van der Waals surface area (Å²) in [6.45, 7) is 2.33. The van der Waals surface area contributed by atoms with Crippen LogP contribution in [0.5, 0.6) is 0 Å². The van der Waals surface area contributed by atoms with Crippen molar-refractivity contribution in [1.29, 1.82) is 0 Å². The van der Waals surface area contributed by atoms with Gasteiger partial charge in [0.2, 0.25) is 10.0 Å². The Kier molecular flexibility index (Phi) is 5.93. The maximum atomic E-state index is 12.7. The van der Waals surface area contributed by atoms with E-state index in [1.54, 1.807) is 7.05 Å². The number of hydrogen-bond acceptors (Lipinski definition) is 4. The highest BCUT2D eigenvalue weighted by Crippen LogP contribution is 2.19. The third-order valence-electron chi connectivity index (χ3n) is 4.41. The van der Waals surface area contributed by atoms with Crippen LogP contribution >= 0.6 is 0 Å². The van der Waals surface area contributed by atoms with Gasteiger partial charge in [-0.3, -0.25) is 4.99 Å². The molecule has 2 N–H and O–H groups in total. The minimum Gasteiger partial charge on any atom is -0.379 e. The molecule has 0 bridgehead atoms. The summed E-state index contributed by atoms with van der Waals surface area (Å²) in [4.78, 5) is 4.22. The maximum absolute atomic E-state index is 12.7. The fourth-order valence-corrected chi connectivity index (χ4v) is 4.34. The Morgan fingerprint density at radius 1 is 1.24 bits per heavy atom. The smallest absolute Gasteiger partial charge is 0.218 e. The van der Waals surface area contributed by atoms with E-state index < -0.39 is 10.0 Å². The van der Waals surface area contributed by atoms with Gasteiger partial charge in [-0.15, -0.1) is 0 Å². The van der Waals surface area contributed by atoms with Crippen LogP contribution in [-0.4, -0.2) is 58.1 Å². The summed E-state index contributed by atoms with van der Waals surface area (Å²) in [5.41, 5.74) is 1.79. The molecule has 1 aliphatic heterocycles. The lowest BCUT2D eigenvalue weighted by atomic mass is 10.1. The molecule has 138 valence electrons. The van der Waals surface area contributed by atoms with Crippen molar-refractivity contribution < 1.29 is 13.2 Å². The molecule has 0 unspecified atom stereocenters. The molecule has 7 nitrogen and oxygen atoms in total. The van der Waals surface area contributed by atoms with Crippen LogP contribution in [0.2, 0.25) is 0 Å². The van der Waals surface area contributed by atoms with E-state index in [0.717, 1.165) is 17.1 Å². The Balaban J connectivity index is 1.65. The first-order chi connectivity index (χ1) is 12.1. The van der Waals surface area contributed by atoms with Crippen LogP contribution in [0.3, 0.4) is 0 Å². The van der Waals surface area contributed by atoms with Crippen molar-refractivity contribution in [2.45, 2.75) is 31.2 Å². The van der Waals surface area contributed by atoms with Crippen LogP contribution in [0, 0.1) is 0 Å². The van der Waals surface area contributed by atoms with Gasteiger partial charge in [0.15, 0.2) is 5.96 Å². The highest BCUT2D eigenvalue weighted by atomic mass is 32.2. The molecular weight excluding hydrogens is 340 g/mol. The van der Waals surface area contributed by atoms with Crippen molar-refractivity contribution in [1.82, 2.24) is 14.9 Å². The zero-order valence-corrected chi connectivity index (χ0v) is 15.4. The van der Waals surface area contributed by atoms with Crippen LogP contribution in [0.15, 0.2) is 29.3 Å². The van der Waals surface area contributed by atoms with Gasteiger partial charge in [-0.25, -0.2) is 8.42 Å². The second-order valence-electron chi connectivity index (χ2n) is 6.38. The highest BCUT2D eigenvalue weighted by molar-refractivity contribution is 7.88. The number of nitrogens with one attached hydrogen (secondary N) is 2. The van der Waals surface area contributed by atoms with Gasteiger partial charge in [0.25, 0.3) is 0 Å². The third-order valence-corrected chi connectivity index (χ3v) is 6.24. The Labute approximate surface area is 149 Å². The predicted molar refractivity (Wildman–Crippen MR) is 97.8 cm³/mol. The number of hydrogen-bond donors (Lipinski definition) is 2. The van der Waals surface area contributed by atoms with Crippen molar-refractivity contribution in [3.05, 3.63) is 35.4 Å². The molecular formula is C17H26N4O3S. The van der Waals surface area contributed by atoms with Gasteiger partial charge in [-0.2, -0.15) is 4.31 Å². The molecule has 8 heteroatoms. The van der Waals surface area contributed by atoms with Crippen LogP contribution in [0.1, 0.15) is 24.0 Å². The van der Waals surface area contributed by atoms with Crippen LogP contribution in [0.25, 0.3) is 0 Å². The van der Waals surface area contributed by atoms with Crippen LogP contribution in [0.4, 0.5) is 0 Å². The minimum atomic E-state index is -3.33. The normalized spacial score (nSPS) is 19.6. The molecule has 1 heterocycles. The van der Waals surface area contributed by atoms with Gasteiger partial charge in [-0.05, 0) is 24.0 Å². The van der Waals surface area contributed by atoms with E-state index >= 15 is 0 Å². The van der Waals surface area contributed by atoms with E-state index in [1.807, 2.05) is 24.3 Å². The zero-order chi connectivity index (χ0) is 17.7. The number of ether oxygens (including phenoxy) is 1. The molecule has 2 aliphatic rings. The van der Waals surface area contributed by atoms with E-state index in [4.69, 9.17) is 4.74 Å². The summed E-state index contributed by atoms with van der Waals surface area (Å²) in [6, 6.07) is 8.17. The molecule has 2 fully saturated rings. The van der Waals surface area contributed by atoms with E-state index in [2.05, 4.69) is 15.6 Å². The first kappa shape index (κ1) is 18.2. The number of aliphatic imine (C=N–C) groups is 1. The second-order valence-corrected chi connectivity index (χ2v) is 8.35. The van der Waals surface area contributed by atoms with Crippen LogP contribution in [-0.2, 0) is 27.1 Å². The van der Waals surface area contributed by atoms with Crippen molar-refractivity contribution in [3.63, 3.8) is 0 Å². The molecule has 0 amide bonds. The lowest BCUT2D eigenvalue weighted by molar-refractivity contribution is 0.0729. The molecule has 1 saturated carbocycles. The van der Waals surface area contributed by atoms with Crippen molar-refractivity contribution in [3.8, 4) is 0 Å². The van der Waals surface area contributed by atoms with Gasteiger partial charge in [-0.1, -0.05) is 24.3 Å². The van der Waals surface area contributed by atoms with E-state index in [0.29, 0.717) is 38.9 Å². The van der Waals surface area contributed by atoms with Gasteiger partial charge >= 0.3 is 0 Å². The molecule has 0 radical (unpaired) electrons. The summed E-state index contributed by atoms with van der Waals surface area (Å²) in [5, 5.41) is 6.60. The average molecular weight is 366 g/mol. The van der Waals surface area contributed by atoms with Crippen molar-refractivity contribution in [2.75, 3.05) is 33.4 Å². The number of nitrogens with zero attached hydrogens (tertiary/aromatic N) is 2. The summed E-state index contributed by atoms with van der Waals surface area (Å²) in [7, 11) is -1.59. The molecule has 0 spiro atoms. The van der Waals surface area contributed by atoms with E-state index in [1.165, 1.54) is 17.1 Å². The molecule has 0 aromatic heterocycles. The van der Waals surface area contributed by atoms with E-state index in [9.17, 15) is 8.42 Å². The first-order valence-corrected chi connectivity index (χ1v) is 10.3. The van der Waals surface area contributed by atoms with Gasteiger partial charge < -0.3 is 15.4 Å². The lowest BCUT2D eigenvalue weighted by Gasteiger charge is -2.26. The number of morpholine rings is 1. The summed E-state index contributed by atoms with van der Waals surface area (Å²) >= 11 is 0. The fraction of sp³-hybridized carbons (Fsp3) is 0.588. The Hall–Kier alpha value is -1.64. The topological polar surface area (TPSA) is 83.0 Å². The quantitative estimate of drug-likeness (QED) is 0.571. The molecule has 1 aliphatic carbocycles. The molecule has 1 saturated heterocycles. The minimum absolute atomic E-state index is 0.0134. The van der Waals surface area contributed by atoms with Gasteiger partial charge in [0, 0.05) is 32.7 Å². The Morgan fingerprint density at radius 3 is 2.56 bits per heavy atom. The molecule has 0 atom stereocenters. The fourth-order valence-electron chi connectivity index (χ4n) is 2.78. The number of sulfonamides is 1. The third kappa shape index (κ3) is 5.17. The van der Waals surface area contributed by atoms with Crippen molar-refractivity contribution >= 4 is 16.0 Å². The second kappa shape index (κ2) is 8.16. The van der Waals surface area contributed by atoms with Gasteiger partial charge in [0.1, 0.15) is 0 Å². The average Bonchev–Trinajstić information content (AvgIpc) is 3.44. The van der Waals surface area contributed by atoms with Gasteiger partial charge in [0.05, 0.1) is 19.0 Å². The molecule has 1 aromatic carbocycles. The van der Waals surface area contributed by atoms with Crippen LogP contribution < -0.4 is 10.6 Å². The summed E-state index contributed by atoms with van der Waals surface area (Å²) in [5.74, 6) is 0.771. The highest BCUT2D eigenvalue weighted by Gasteiger charge is 2.25. The first-order valence-electron chi connectivity index (χ1n) is 8.68. The largest absolute Gasteiger partial charge is 0.379 e. The monoisotopic (exact) mass is 366 g/mol. The Morgan fingerprint density at radius 2 is 1.92 bits per heavy atom. The number of rotatable bonds is 6.